The number of halogens is 2. The van der Waals surface area contributed by atoms with Gasteiger partial charge in [0.25, 0.3) is 0 Å². The molecular weight excluding hydrogens is 441 g/mol. The van der Waals surface area contributed by atoms with Crippen LogP contribution in [-0.2, 0) is 13.2 Å². The molecule has 0 spiro atoms. The molecule has 33 heavy (non-hydrogen) atoms. The zero-order valence-corrected chi connectivity index (χ0v) is 18.2. The summed E-state index contributed by atoms with van der Waals surface area (Å²) in [6.07, 6.45) is 3.50. The normalized spacial score (nSPS) is 11.0. The number of hydrogen-bond acceptors (Lipinski definition) is 4. The van der Waals surface area contributed by atoms with Crippen LogP contribution in [-0.4, -0.2) is 24.8 Å². The second-order valence-corrected chi connectivity index (χ2v) is 7.87. The molecule has 6 nitrogen and oxygen atoms in total. The van der Waals surface area contributed by atoms with Crippen LogP contribution >= 0.6 is 11.6 Å². The number of ether oxygens (including phenoxy) is 1. The molecule has 0 bridgehead atoms. The van der Waals surface area contributed by atoms with Gasteiger partial charge in [-0.2, -0.15) is 5.10 Å². The standard InChI is InChI=1S/C25H19ClFN5O/c26-20-8-6-19(7-9-20)25-24(14-28-32(25)23-12-10-21(27)11-13-23)33-17-22-16-31(30-29-22)15-18-4-2-1-3-5-18/h1-14,16H,15,17H2. The Hall–Kier alpha value is -3.97. The van der Waals surface area contributed by atoms with Crippen LogP contribution in [0.3, 0.4) is 0 Å². The van der Waals surface area contributed by atoms with E-state index >= 15 is 0 Å². The monoisotopic (exact) mass is 459 g/mol. The van der Waals surface area contributed by atoms with Crippen molar-refractivity contribution in [1.82, 2.24) is 24.8 Å². The van der Waals surface area contributed by atoms with E-state index < -0.39 is 0 Å². The summed E-state index contributed by atoms with van der Waals surface area (Å²) in [4.78, 5) is 0. The first-order valence-electron chi connectivity index (χ1n) is 10.3. The highest BCUT2D eigenvalue weighted by Gasteiger charge is 2.17. The lowest BCUT2D eigenvalue weighted by molar-refractivity contribution is 0.302. The van der Waals surface area contributed by atoms with Crippen LogP contribution in [0.2, 0.25) is 5.02 Å². The average Bonchev–Trinajstić information content (AvgIpc) is 3.46. The highest BCUT2D eigenvalue weighted by atomic mass is 35.5. The fourth-order valence-electron chi connectivity index (χ4n) is 3.49. The summed E-state index contributed by atoms with van der Waals surface area (Å²) in [5, 5.41) is 13.5. The quantitative estimate of drug-likeness (QED) is 0.320. The van der Waals surface area contributed by atoms with Gasteiger partial charge in [0.15, 0.2) is 5.75 Å². The molecule has 0 radical (unpaired) electrons. The van der Waals surface area contributed by atoms with Gasteiger partial charge in [0.2, 0.25) is 0 Å². The SMILES string of the molecule is Fc1ccc(-n2ncc(OCc3cn(Cc4ccccc4)nn3)c2-c2ccc(Cl)cc2)cc1. The Bertz CT molecular complexity index is 1350. The third-order valence-corrected chi connectivity index (χ3v) is 5.33. The van der Waals surface area contributed by atoms with Crippen molar-refractivity contribution in [1.29, 1.82) is 0 Å². The molecule has 5 rings (SSSR count). The molecule has 0 amide bonds. The van der Waals surface area contributed by atoms with Crippen LogP contribution in [0, 0.1) is 5.82 Å². The van der Waals surface area contributed by atoms with E-state index in [4.69, 9.17) is 16.3 Å². The van der Waals surface area contributed by atoms with Crippen LogP contribution < -0.4 is 4.74 Å². The lowest BCUT2D eigenvalue weighted by atomic mass is 10.1. The van der Waals surface area contributed by atoms with Gasteiger partial charge in [-0.05, 0) is 42.0 Å². The largest absolute Gasteiger partial charge is 0.483 e. The van der Waals surface area contributed by atoms with Gasteiger partial charge >= 0.3 is 0 Å². The molecule has 0 atom stereocenters. The van der Waals surface area contributed by atoms with Gasteiger partial charge in [-0.3, -0.25) is 0 Å². The molecule has 0 unspecified atom stereocenters. The second kappa shape index (κ2) is 9.26. The van der Waals surface area contributed by atoms with E-state index in [0.29, 0.717) is 28.7 Å². The number of hydrogen-bond donors (Lipinski definition) is 0. The minimum absolute atomic E-state index is 0.227. The van der Waals surface area contributed by atoms with Gasteiger partial charge in [0.1, 0.15) is 23.8 Å². The third kappa shape index (κ3) is 4.78. The van der Waals surface area contributed by atoms with E-state index in [2.05, 4.69) is 15.4 Å². The highest BCUT2D eigenvalue weighted by molar-refractivity contribution is 6.30. The van der Waals surface area contributed by atoms with Crippen molar-refractivity contribution in [2.45, 2.75) is 13.2 Å². The summed E-state index contributed by atoms with van der Waals surface area (Å²) in [6.45, 7) is 0.858. The fourth-order valence-corrected chi connectivity index (χ4v) is 3.62. The fraction of sp³-hybridized carbons (Fsp3) is 0.0800. The molecule has 0 fully saturated rings. The highest BCUT2D eigenvalue weighted by Crippen LogP contribution is 2.33. The van der Waals surface area contributed by atoms with E-state index in [1.54, 1.807) is 39.8 Å². The number of nitrogens with zero attached hydrogens (tertiary/aromatic N) is 5. The Morgan fingerprint density at radius 1 is 0.909 bits per heavy atom. The first-order chi connectivity index (χ1) is 16.2. The molecule has 8 heteroatoms. The molecule has 164 valence electrons. The summed E-state index contributed by atoms with van der Waals surface area (Å²) in [5.41, 5.74) is 4.15. The summed E-state index contributed by atoms with van der Waals surface area (Å²) in [6, 6.07) is 23.6. The average molecular weight is 460 g/mol. The molecule has 0 N–H and O–H groups in total. The number of aromatic nitrogens is 5. The van der Waals surface area contributed by atoms with E-state index in [1.165, 1.54) is 12.1 Å². The van der Waals surface area contributed by atoms with Crippen molar-refractivity contribution in [3.8, 4) is 22.7 Å². The number of benzene rings is 3. The zero-order valence-electron chi connectivity index (χ0n) is 17.5. The van der Waals surface area contributed by atoms with Gasteiger partial charge in [-0.1, -0.05) is 59.3 Å². The summed E-state index contributed by atoms with van der Waals surface area (Å²) >= 11 is 6.08. The van der Waals surface area contributed by atoms with Crippen molar-refractivity contribution in [2.24, 2.45) is 0 Å². The topological polar surface area (TPSA) is 57.8 Å². The van der Waals surface area contributed by atoms with Crippen molar-refractivity contribution < 1.29 is 9.13 Å². The van der Waals surface area contributed by atoms with Crippen LogP contribution in [0.1, 0.15) is 11.3 Å². The molecule has 0 aliphatic rings. The Kier molecular flexibility index (Phi) is 5.87. The predicted molar refractivity (Wildman–Crippen MR) is 124 cm³/mol. The lowest BCUT2D eigenvalue weighted by Crippen LogP contribution is -2.01. The molecule has 0 aliphatic heterocycles. The van der Waals surface area contributed by atoms with Gasteiger partial charge in [0.05, 0.1) is 24.6 Å². The Morgan fingerprint density at radius 2 is 1.67 bits per heavy atom. The molecule has 2 aromatic heterocycles. The lowest BCUT2D eigenvalue weighted by Gasteiger charge is -2.11. The minimum atomic E-state index is -0.311. The Morgan fingerprint density at radius 3 is 2.42 bits per heavy atom. The van der Waals surface area contributed by atoms with Gasteiger partial charge in [-0.25, -0.2) is 13.8 Å². The van der Waals surface area contributed by atoms with Crippen LogP contribution in [0.4, 0.5) is 4.39 Å². The maximum absolute atomic E-state index is 13.4. The summed E-state index contributed by atoms with van der Waals surface area (Å²) in [5.74, 6) is 0.258. The minimum Gasteiger partial charge on any atom is -0.483 e. The molecular formula is C25H19ClFN5O. The Balaban J connectivity index is 1.40. The maximum atomic E-state index is 13.4. The van der Waals surface area contributed by atoms with Crippen molar-refractivity contribution in [3.63, 3.8) is 0 Å². The molecule has 0 saturated carbocycles. The van der Waals surface area contributed by atoms with Gasteiger partial charge in [0, 0.05) is 10.6 Å². The maximum Gasteiger partial charge on any atom is 0.166 e. The summed E-state index contributed by atoms with van der Waals surface area (Å²) < 4.78 is 23.0. The van der Waals surface area contributed by atoms with E-state index in [0.717, 1.165) is 16.8 Å². The molecule has 0 aliphatic carbocycles. The molecule has 0 saturated heterocycles. The predicted octanol–water partition coefficient (Wildman–Crippen LogP) is 5.55. The first kappa shape index (κ1) is 20.9. The van der Waals surface area contributed by atoms with Gasteiger partial charge in [-0.15, -0.1) is 5.10 Å². The van der Waals surface area contributed by atoms with Crippen LogP contribution in [0.5, 0.6) is 5.75 Å². The summed E-state index contributed by atoms with van der Waals surface area (Å²) in [7, 11) is 0. The second-order valence-electron chi connectivity index (χ2n) is 7.43. The van der Waals surface area contributed by atoms with Crippen molar-refractivity contribution in [3.05, 3.63) is 113 Å². The van der Waals surface area contributed by atoms with Gasteiger partial charge < -0.3 is 4.74 Å². The van der Waals surface area contributed by atoms with Crippen LogP contribution in [0.15, 0.2) is 91.3 Å². The van der Waals surface area contributed by atoms with E-state index in [-0.39, 0.29) is 12.4 Å². The van der Waals surface area contributed by atoms with Crippen LogP contribution in [0.25, 0.3) is 16.9 Å². The smallest absolute Gasteiger partial charge is 0.166 e. The first-order valence-corrected chi connectivity index (χ1v) is 10.7. The van der Waals surface area contributed by atoms with E-state index in [9.17, 15) is 4.39 Å². The molecule has 2 heterocycles. The van der Waals surface area contributed by atoms with E-state index in [1.807, 2.05) is 48.7 Å². The van der Waals surface area contributed by atoms with Crippen molar-refractivity contribution >= 4 is 11.6 Å². The Labute approximate surface area is 194 Å². The molecule has 3 aromatic carbocycles. The number of rotatable bonds is 7. The van der Waals surface area contributed by atoms with Crippen molar-refractivity contribution in [2.75, 3.05) is 0 Å². The zero-order chi connectivity index (χ0) is 22.6. The third-order valence-electron chi connectivity index (χ3n) is 5.07. The molecule has 5 aromatic rings.